The Morgan fingerprint density at radius 3 is 2.82 bits per heavy atom. The third kappa shape index (κ3) is 5.41. The summed E-state index contributed by atoms with van der Waals surface area (Å²) in [7, 11) is 0. The van der Waals surface area contributed by atoms with E-state index in [9.17, 15) is 19.3 Å². The highest BCUT2D eigenvalue weighted by Crippen LogP contribution is 2.28. The molecule has 4 aromatic rings. The average Bonchev–Trinajstić information content (AvgIpc) is 3.44. The number of hydrogen-bond donors (Lipinski definition) is 1. The van der Waals surface area contributed by atoms with Gasteiger partial charge >= 0.3 is 5.69 Å². The number of furan rings is 1. The third-order valence-electron chi connectivity index (χ3n) is 4.80. The molecule has 2 aromatic heterocycles. The standard InChI is InChI=1S/C23H18ClFN4O5/c1-14-2-6-20(19(10-14)29(31)32)33-13-17-5-7-21(34-17)23(30)26-22-8-9-28(27-22)12-15-3-4-16(25)11-18(15)24/h2-11H,12-13H2,1H3,(H,26,27,30). The molecule has 0 aliphatic rings. The lowest BCUT2D eigenvalue weighted by molar-refractivity contribution is -0.386. The van der Waals surface area contributed by atoms with Gasteiger partial charge in [0.15, 0.2) is 17.3 Å². The van der Waals surface area contributed by atoms with Gasteiger partial charge in [0.2, 0.25) is 0 Å². The first kappa shape index (κ1) is 23.0. The molecule has 0 fully saturated rings. The molecule has 9 nitrogen and oxygen atoms in total. The van der Waals surface area contributed by atoms with Gasteiger partial charge in [-0.25, -0.2) is 4.39 Å². The maximum absolute atomic E-state index is 13.2. The minimum atomic E-state index is -0.530. The highest BCUT2D eigenvalue weighted by Gasteiger charge is 2.17. The Bertz CT molecular complexity index is 1370. The van der Waals surface area contributed by atoms with E-state index >= 15 is 0 Å². The van der Waals surface area contributed by atoms with E-state index in [2.05, 4.69) is 10.4 Å². The van der Waals surface area contributed by atoms with Gasteiger partial charge in [0.1, 0.15) is 18.2 Å². The van der Waals surface area contributed by atoms with Crippen molar-refractivity contribution in [1.29, 1.82) is 0 Å². The number of ether oxygens (including phenoxy) is 1. The highest BCUT2D eigenvalue weighted by molar-refractivity contribution is 6.31. The van der Waals surface area contributed by atoms with Crippen LogP contribution in [0.15, 0.2) is 65.2 Å². The van der Waals surface area contributed by atoms with E-state index in [4.69, 9.17) is 20.8 Å². The van der Waals surface area contributed by atoms with Gasteiger partial charge in [-0.05, 0) is 48.4 Å². The maximum Gasteiger partial charge on any atom is 0.311 e. The average molecular weight is 485 g/mol. The summed E-state index contributed by atoms with van der Waals surface area (Å²) >= 11 is 6.04. The number of halogens is 2. The van der Waals surface area contributed by atoms with E-state index in [1.165, 1.54) is 30.3 Å². The first-order valence-corrected chi connectivity index (χ1v) is 10.4. The second kappa shape index (κ2) is 9.75. The molecule has 1 amide bonds. The zero-order valence-electron chi connectivity index (χ0n) is 17.8. The molecule has 4 rings (SSSR count). The predicted octanol–water partition coefficient (Wildman–Crippen LogP) is 5.36. The topological polar surface area (TPSA) is 112 Å². The summed E-state index contributed by atoms with van der Waals surface area (Å²) in [5.41, 5.74) is 1.26. The lowest BCUT2D eigenvalue weighted by atomic mass is 10.2. The molecule has 0 atom stereocenters. The molecule has 0 aliphatic carbocycles. The number of carbonyl (C=O) groups excluding carboxylic acids is 1. The Labute approximate surface area is 197 Å². The molecular weight excluding hydrogens is 467 g/mol. The second-order valence-corrected chi connectivity index (χ2v) is 7.78. The lowest BCUT2D eigenvalue weighted by Crippen LogP contribution is -2.12. The number of nitrogens with one attached hydrogen (secondary N) is 1. The van der Waals surface area contributed by atoms with Gasteiger partial charge in [-0.2, -0.15) is 5.10 Å². The Hall–Kier alpha value is -4.18. The van der Waals surface area contributed by atoms with E-state index in [-0.39, 0.29) is 34.6 Å². The Kier molecular flexibility index (Phi) is 6.60. The molecular formula is C23H18ClFN4O5. The summed E-state index contributed by atoms with van der Waals surface area (Å²) in [6.07, 6.45) is 1.64. The Balaban J connectivity index is 1.36. The quantitative estimate of drug-likeness (QED) is 0.266. The number of hydrogen-bond acceptors (Lipinski definition) is 6. The molecule has 174 valence electrons. The lowest BCUT2D eigenvalue weighted by Gasteiger charge is -2.06. The van der Waals surface area contributed by atoms with Crippen LogP contribution < -0.4 is 10.1 Å². The first-order valence-electron chi connectivity index (χ1n) is 10.0. The smallest absolute Gasteiger partial charge is 0.311 e. The fourth-order valence-corrected chi connectivity index (χ4v) is 3.36. The van der Waals surface area contributed by atoms with Crippen LogP contribution in [-0.4, -0.2) is 20.6 Å². The minimum Gasteiger partial charge on any atom is -0.479 e. The van der Waals surface area contributed by atoms with Gasteiger partial charge in [-0.1, -0.05) is 23.7 Å². The minimum absolute atomic E-state index is 0.0214. The SMILES string of the molecule is Cc1ccc(OCc2ccc(C(=O)Nc3ccn(Cc4ccc(F)cc4Cl)n3)o2)c([N+](=O)[O-])c1. The molecule has 0 saturated heterocycles. The maximum atomic E-state index is 13.2. The first-order chi connectivity index (χ1) is 16.3. The van der Waals surface area contributed by atoms with Crippen LogP contribution >= 0.6 is 11.6 Å². The van der Waals surface area contributed by atoms with Crippen molar-refractivity contribution in [1.82, 2.24) is 9.78 Å². The summed E-state index contributed by atoms with van der Waals surface area (Å²) in [5.74, 6) is -0.234. The summed E-state index contributed by atoms with van der Waals surface area (Å²) in [5, 5.41) is 18.4. The molecule has 34 heavy (non-hydrogen) atoms. The Morgan fingerprint density at radius 1 is 1.24 bits per heavy atom. The van der Waals surface area contributed by atoms with Gasteiger partial charge in [0.05, 0.1) is 11.5 Å². The van der Waals surface area contributed by atoms with E-state index in [1.54, 1.807) is 42.1 Å². The van der Waals surface area contributed by atoms with E-state index in [0.717, 1.165) is 5.56 Å². The molecule has 0 radical (unpaired) electrons. The molecule has 0 aliphatic heterocycles. The molecule has 2 heterocycles. The number of nitro benzene ring substituents is 1. The number of aromatic nitrogens is 2. The van der Waals surface area contributed by atoms with Gasteiger partial charge in [0.25, 0.3) is 5.91 Å². The third-order valence-corrected chi connectivity index (χ3v) is 5.15. The van der Waals surface area contributed by atoms with E-state index in [0.29, 0.717) is 17.9 Å². The zero-order valence-corrected chi connectivity index (χ0v) is 18.6. The van der Waals surface area contributed by atoms with Crippen molar-refractivity contribution in [3.63, 3.8) is 0 Å². The highest BCUT2D eigenvalue weighted by atomic mass is 35.5. The van der Waals surface area contributed by atoms with Crippen LogP contribution in [-0.2, 0) is 13.2 Å². The van der Waals surface area contributed by atoms with Crippen LogP contribution in [0.2, 0.25) is 5.02 Å². The van der Waals surface area contributed by atoms with Crippen molar-refractivity contribution in [2.45, 2.75) is 20.1 Å². The van der Waals surface area contributed by atoms with Crippen molar-refractivity contribution in [3.8, 4) is 5.75 Å². The van der Waals surface area contributed by atoms with E-state index in [1.807, 2.05) is 0 Å². The van der Waals surface area contributed by atoms with Gasteiger partial charge in [0, 0.05) is 23.4 Å². The van der Waals surface area contributed by atoms with Crippen molar-refractivity contribution in [3.05, 3.63) is 104 Å². The molecule has 1 N–H and O–H groups in total. The van der Waals surface area contributed by atoms with Gasteiger partial charge < -0.3 is 14.5 Å². The number of nitrogens with zero attached hydrogens (tertiary/aromatic N) is 3. The molecule has 0 saturated carbocycles. The fourth-order valence-electron chi connectivity index (χ4n) is 3.14. The number of aryl methyl sites for hydroxylation is 1. The number of nitro groups is 1. The largest absolute Gasteiger partial charge is 0.479 e. The van der Waals surface area contributed by atoms with Crippen LogP contribution in [0.25, 0.3) is 0 Å². The predicted molar refractivity (Wildman–Crippen MR) is 122 cm³/mol. The summed E-state index contributed by atoms with van der Waals surface area (Å²) in [6, 6.07) is 13.3. The molecule has 0 spiro atoms. The number of anilines is 1. The van der Waals surface area contributed by atoms with Crippen molar-refractivity contribution in [2.75, 3.05) is 5.32 Å². The molecule has 11 heteroatoms. The van der Waals surface area contributed by atoms with Crippen molar-refractivity contribution < 1.29 is 23.3 Å². The molecule has 0 unspecified atom stereocenters. The van der Waals surface area contributed by atoms with Gasteiger partial charge in [-0.15, -0.1) is 0 Å². The second-order valence-electron chi connectivity index (χ2n) is 7.37. The zero-order chi connectivity index (χ0) is 24.2. The summed E-state index contributed by atoms with van der Waals surface area (Å²) in [6.45, 7) is 1.95. The summed E-state index contributed by atoms with van der Waals surface area (Å²) in [4.78, 5) is 23.2. The van der Waals surface area contributed by atoms with Gasteiger partial charge in [-0.3, -0.25) is 19.6 Å². The van der Waals surface area contributed by atoms with Crippen molar-refractivity contribution >= 4 is 29.0 Å². The normalized spacial score (nSPS) is 10.8. The van der Waals surface area contributed by atoms with Crippen LogP contribution in [0.4, 0.5) is 15.9 Å². The number of carbonyl (C=O) groups is 1. The van der Waals surface area contributed by atoms with Crippen LogP contribution in [0, 0.1) is 22.9 Å². The monoisotopic (exact) mass is 484 g/mol. The number of rotatable bonds is 8. The molecule has 0 bridgehead atoms. The number of benzene rings is 2. The van der Waals surface area contributed by atoms with Crippen LogP contribution in [0.3, 0.4) is 0 Å². The molecule has 2 aromatic carbocycles. The Morgan fingerprint density at radius 2 is 2.06 bits per heavy atom. The van der Waals surface area contributed by atoms with Crippen LogP contribution in [0.5, 0.6) is 5.75 Å². The van der Waals surface area contributed by atoms with Crippen LogP contribution in [0.1, 0.15) is 27.4 Å². The van der Waals surface area contributed by atoms with E-state index < -0.39 is 16.6 Å². The fraction of sp³-hybridized carbons (Fsp3) is 0.130. The summed E-state index contributed by atoms with van der Waals surface area (Å²) < 4.78 is 25.8. The number of amides is 1. The van der Waals surface area contributed by atoms with Crippen molar-refractivity contribution in [2.24, 2.45) is 0 Å².